The molecule has 5 rings (SSSR count). The number of rotatable bonds is 6. The molecule has 1 aliphatic heterocycles. The SMILES string of the molecule is CC(C)C(=O)Nc1ccc(N2C(=S)N[C@@H](c3ccccn3)[C@H]2c2cccn2-c2ccc(F)cc2)cc1Cl. The third-order valence-corrected chi connectivity index (χ3v) is 6.93. The maximum absolute atomic E-state index is 13.6. The van der Waals surface area contributed by atoms with Crippen molar-refractivity contribution in [3.05, 3.63) is 107 Å². The van der Waals surface area contributed by atoms with Crippen LogP contribution in [-0.2, 0) is 4.79 Å². The first-order valence-corrected chi connectivity index (χ1v) is 12.7. The van der Waals surface area contributed by atoms with Crippen molar-refractivity contribution >= 4 is 46.2 Å². The zero-order valence-electron chi connectivity index (χ0n) is 20.2. The first-order chi connectivity index (χ1) is 17.8. The van der Waals surface area contributed by atoms with Gasteiger partial charge in [-0.05, 0) is 78.9 Å². The summed E-state index contributed by atoms with van der Waals surface area (Å²) >= 11 is 12.4. The minimum atomic E-state index is -0.298. The molecule has 0 saturated carbocycles. The number of nitrogens with zero attached hydrogens (tertiary/aromatic N) is 3. The maximum atomic E-state index is 13.6. The third-order valence-electron chi connectivity index (χ3n) is 6.30. The molecule has 2 N–H and O–H groups in total. The van der Waals surface area contributed by atoms with E-state index in [1.54, 1.807) is 30.5 Å². The van der Waals surface area contributed by atoms with Gasteiger partial charge >= 0.3 is 0 Å². The highest BCUT2D eigenvalue weighted by molar-refractivity contribution is 7.80. The Hall–Kier alpha value is -3.75. The van der Waals surface area contributed by atoms with Gasteiger partial charge in [0.25, 0.3) is 0 Å². The number of anilines is 2. The number of carbonyl (C=O) groups is 1. The van der Waals surface area contributed by atoms with E-state index in [0.717, 1.165) is 22.8 Å². The standard InChI is InChI=1S/C28H25ClFN5OS/c1-17(2)27(36)32-22-13-12-20(16-21(22)29)35-26(25(33-28(35)37)23-6-3-4-14-31-23)24-7-5-15-34(24)19-10-8-18(30)9-11-19/h3-17,25-26H,1-2H3,(H,32,36)(H,33,37)/t25-,26+/m0/s1. The van der Waals surface area contributed by atoms with Crippen LogP contribution in [0.2, 0.25) is 5.02 Å². The molecule has 0 bridgehead atoms. The molecule has 188 valence electrons. The van der Waals surface area contributed by atoms with Crippen LogP contribution in [0.5, 0.6) is 0 Å². The van der Waals surface area contributed by atoms with Gasteiger partial charge < -0.3 is 20.1 Å². The van der Waals surface area contributed by atoms with Crippen molar-refractivity contribution in [1.29, 1.82) is 0 Å². The summed E-state index contributed by atoms with van der Waals surface area (Å²) < 4.78 is 15.7. The number of halogens is 2. The number of hydrogen-bond donors (Lipinski definition) is 2. The molecule has 1 saturated heterocycles. The molecule has 0 aliphatic carbocycles. The van der Waals surface area contributed by atoms with E-state index in [-0.39, 0.29) is 29.7 Å². The predicted molar refractivity (Wildman–Crippen MR) is 149 cm³/mol. The Balaban J connectivity index is 1.59. The highest BCUT2D eigenvalue weighted by Gasteiger charge is 2.42. The summed E-state index contributed by atoms with van der Waals surface area (Å²) in [6, 6.07) is 21.0. The van der Waals surface area contributed by atoms with E-state index in [0.29, 0.717) is 15.8 Å². The Morgan fingerprint density at radius 3 is 2.51 bits per heavy atom. The van der Waals surface area contributed by atoms with Crippen molar-refractivity contribution in [2.75, 3.05) is 10.2 Å². The zero-order valence-corrected chi connectivity index (χ0v) is 21.8. The van der Waals surface area contributed by atoms with Gasteiger partial charge in [-0.3, -0.25) is 9.78 Å². The molecule has 0 spiro atoms. The lowest BCUT2D eigenvalue weighted by Crippen LogP contribution is -2.30. The normalized spacial score (nSPS) is 17.2. The van der Waals surface area contributed by atoms with E-state index in [4.69, 9.17) is 23.8 Å². The molecule has 9 heteroatoms. The van der Waals surface area contributed by atoms with E-state index in [1.807, 2.05) is 65.9 Å². The molecule has 1 aliphatic rings. The maximum Gasteiger partial charge on any atom is 0.226 e. The minimum Gasteiger partial charge on any atom is -0.351 e. The van der Waals surface area contributed by atoms with Crippen LogP contribution < -0.4 is 15.5 Å². The van der Waals surface area contributed by atoms with Gasteiger partial charge in [0.1, 0.15) is 11.9 Å². The predicted octanol–water partition coefficient (Wildman–Crippen LogP) is 6.44. The highest BCUT2D eigenvalue weighted by atomic mass is 35.5. The average molecular weight is 534 g/mol. The summed E-state index contributed by atoms with van der Waals surface area (Å²) in [6.07, 6.45) is 3.69. The zero-order chi connectivity index (χ0) is 26.1. The average Bonchev–Trinajstić information content (AvgIpc) is 3.50. The molecule has 3 heterocycles. The van der Waals surface area contributed by atoms with Gasteiger partial charge in [-0.1, -0.05) is 31.5 Å². The summed E-state index contributed by atoms with van der Waals surface area (Å²) in [5.74, 6) is -0.583. The summed E-state index contributed by atoms with van der Waals surface area (Å²) in [6.45, 7) is 3.65. The van der Waals surface area contributed by atoms with Gasteiger partial charge in [0.05, 0.1) is 22.4 Å². The number of aromatic nitrogens is 2. The van der Waals surface area contributed by atoms with Crippen LogP contribution in [0.3, 0.4) is 0 Å². The number of amides is 1. The van der Waals surface area contributed by atoms with Crippen LogP contribution in [0, 0.1) is 11.7 Å². The van der Waals surface area contributed by atoms with E-state index in [2.05, 4.69) is 15.6 Å². The lowest BCUT2D eigenvalue weighted by molar-refractivity contribution is -0.118. The molecule has 0 unspecified atom stereocenters. The van der Waals surface area contributed by atoms with Crippen molar-refractivity contribution in [2.24, 2.45) is 5.92 Å². The molecule has 4 aromatic rings. The van der Waals surface area contributed by atoms with Crippen molar-refractivity contribution in [1.82, 2.24) is 14.9 Å². The molecular formula is C28H25ClFN5OS. The van der Waals surface area contributed by atoms with Crippen LogP contribution in [0.4, 0.5) is 15.8 Å². The number of thiocarbonyl (C=S) groups is 1. The van der Waals surface area contributed by atoms with Crippen LogP contribution in [-0.4, -0.2) is 20.6 Å². The molecule has 6 nitrogen and oxygen atoms in total. The van der Waals surface area contributed by atoms with E-state index in [1.165, 1.54) is 12.1 Å². The number of pyridine rings is 1. The fourth-order valence-corrected chi connectivity index (χ4v) is 5.01. The monoisotopic (exact) mass is 533 g/mol. The fraction of sp³-hybridized carbons (Fsp3) is 0.179. The quantitative estimate of drug-likeness (QED) is 0.279. The Kier molecular flexibility index (Phi) is 6.95. The second-order valence-electron chi connectivity index (χ2n) is 9.08. The first-order valence-electron chi connectivity index (χ1n) is 11.9. The van der Waals surface area contributed by atoms with E-state index in [9.17, 15) is 9.18 Å². The highest BCUT2D eigenvalue weighted by Crippen LogP contribution is 2.43. The summed E-state index contributed by atoms with van der Waals surface area (Å²) in [5, 5.41) is 7.22. The lowest BCUT2D eigenvalue weighted by atomic mass is 10.0. The largest absolute Gasteiger partial charge is 0.351 e. The molecule has 2 aromatic heterocycles. The summed E-state index contributed by atoms with van der Waals surface area (Å²) in [4.78, 5) is 18.8. The lowest BCUT2D eigenvalue weighted by Gasteiger charge is -2.29. The minimum absolute atomic E-state index is 0.113. The van der Waals surface area contributed by atoms with Crippen molar-refractivity contribution in [2.45, 2.75) is 25.9 Å². The third kappa shape index (κ3) is 4.95. The van der Waals surface area contributed by atoms with Crippen molar-refractivity contribution in [3.8, 4) is 5.69 Å². The number of hydrogen-bond acceptors (Lipinski definition) is 3. The fourth-order valence-electron chi connectivity index (χ4n) is 4.44. The summed E-state index contributed by atoms with van der Waals surface area (Å²) in [5.41, 5.74) is 3.89. The van der Waals surface area contributed by atoms with Crippen LogP contribution in [0.1, 0.15) is 37.3 Å². The molecule has 37 heavy (non-hydrogen) atoms. The molecule has 1 fully saturated rings. The van der Waals surface area contributed by atoms with Gasteiger partial charge in [-0.2, -0.15) is 0 Å². The Morgan fingerprint density at radius 2 is 1.84 bits per heavy atom. The van der Waals surface area contributed by atoms with Gasteiger partial charge in [-0.25, -0.2) is 4.39 Å². The Morgan fingerprint density at radius 1 is 1.08 bits per heavy atom. The number of nitrogens with one attached hydrogen (secondary N) is 2. The second-order valence-corrected chi connectivity index (χ2v) is 9.88. The summed E-state index contributed by atoms with van der Waals surface area (Å²) in [7, 11) is 0. The van der Waals surface area contributed by atoms with Crippen LogP contribution in [0.15, 0.2) is 85.2 Å². The van der Waals surface area contributed by atoms with Crippen molar-refractivity contribution < 1.29 is 9.18 Å². The smallest absolute Gasteiger partial charge is 0.226 e. The van der Waals surface area contributed by atoms with Gasteiger partial charge in [0.2, 0.25) is 5.91 Å². The first kappa shape index (κ1) is 24.9. The van der Waals surface area contributed by atoms with Crippen LogP contribution in [0.25, 0.3) is 5.69 Å². The van der Waals surface area contributed by atoms with Gasteiger partial charge in [-0.15, -0.1) is 0 Å². The topological polar surface area (TPSA) is 62.2 Å². The van der Waals surface area contributed by atoms with Crippen LogP contribution >= 0.6 is 23.8 Å². The second kappa shape index (κ2) is 10.3. The molecule has 2 aromatic carbocycles. The number of benzene rings is 2. The Labute approximate surface area is 225 Å². The van der Waals surface area contributed by atoms with Crippen molar-refractivity contribution in [3.63, 3.8) is 0 Å². The Bertz CT molecular complexity index is 1440. The van der Waals surface area contributed by atoms with Gasteiger partial charge in [0, 0.05) is 35.4 Å². The molecule has 2 atom stereocenters. The van der Waals surface area contributed by atoms with Gasteiger partial charge in [0.15, 0.2) is 5.11 Å². The van der Waals surface area contributed by atoms with E-state index < -0.39 is 0 Å². The molecule has 1 amide bonds. The van der Waals surface area contributed by atoms with E-state index >= 15 is 0 Å². The molecular weight excluding hydrogens is 509 g/mol. The number of carbonyl (C=O) groups excluding carboxylic acids is 1. The molecule has 0 radical (unpaired) electrons.